The van der Waals surface area contributed by atoms with Gasteiger partial charge in [0.05, 0.1) is 0 Å². The van der Waals surface area contributed by atoms with Gasteiger partial charge in [-0.2, -0.15) is 0 Å². The lowest BCUT2D eigenvalue weighted by atomic mass is 10.1. The van der Waals surface area contributed by atoms with Gasteiger partial charge in [0, 0.05) is 6.61 Å². The molecule has 0 aromatic heterocycles. The van der Waals surface area contributed by atoms with E-state index in [0.717, 1.165) is 17.6 Å². The van der Waals surface area contributed by atoms with Crippen LogP contribution in [0.3, 0.4) is 0 Å². The van der Waals surface area contributed by atoms with E-state index in [9.17, 15) is 0 Å². The molecule has 0 aliphatic heterocycles. The zero-order chi connectivity index (χ0) is 8.69. The van der Waals surface area contributed by atoms with Crippen LogP contribution in [0.4, 0.5) is 0 Å². The van der Waals surface area contributed by atoms with Crippen LogP contribution in [0.5, 0.6) is 0 Å². The van der Waals surface area contributed by atoms with Gasteiger partial charge >= 0.3 is 0 Å². The highest BCUT2D eigenvalue weighted by Gasteiger charge is 1.89. The van der Waals surface area contributed by atoms with E-state index in [4.69, 9.17) is 5.11 Å². The van der Waals surface area contributed by atoms with Crippen LogP contribution in [-0.4, -0.2) is 11.7 Å². The number of hydrogen-bond acceptors (Lipinski definition) is 1. The normalized spacial score (nSPS) is 13.4. The minimum Gasteiger partial charge on any atom is -0.396 e. The summed E-state index contributed by atoms with van der Waals surface area (Å²) >= 11 is 0. The Balaban J connectivity index is 4.18. The maximum atomic E-state index is 8.66. The van der Waals surface area contributed by atoms with Gasteiger partial charge in [-0.3, -0.25) is 0 Å². The summed E-state index contributed by atoms with van der Waals surface area (Å²) in [5, 5.41) is 8.66. The van der Waals surface area contributed by atoms with Crippen molar-refractivity contribution in [3.05, 3.63) is 36.0 Å². The molecule has 62 valence electrons. The van der Waals surface area contributed by atoms with Gasteiger partial charge in [-0.15, -0.1) is 0 Å². The van der Waals surface area contributed by atoms with Gasteiger partial charge in [0.25, 0.3) is 0 Å². The van der Waals surface area contributed by atoms with Gasteiger partial charge in [-0.25, -0.2) is 0 Å². The second-order valence-electron chi connectivity index (χ2n) is 2.43. The summed E-state index contributed by atoms with van der Waals surface area (Å²) in [7, 11) is 0. The van der Waals surface area contributed by atoms with Crippen LogP contribution in [0.15, 0.2) is 36.0 Å². The van der Waals surface area contributed by atoms with Gasteiger partial charge in [0.15, 0.2) is 0 Å². The van der Waals surface area contributed by atoms with E-state index < -0.39 is 0 Å². The first kappa shape index (κ1) is 10.2. The first-order chi connectivity index (χ1) is 5.24. The molecule has 0 bridgehead atoms. The minimum atomic E-state index is 0.209. The number of allylic oxidation sites excluding steroid dienone is 4. The standard InChI is InChI=1S/C10H16O/c1-4-9(3)8-10(5-2)6-7-11/h4-5,8,11H,1,6-7H2,2-3H3/b9-8-,10-5-. The van der Waals surface area contributed by atoms with Crippen molar-refractivity contribution >= 4 is 0 Å². The van der Waals surface area contributed by atoms with E-state index in [1.54, 1.807) is 6.08 Å². The fourth-order valence-electron chi connectivity index (χ4n) is 0.780. The molecule has 0 saturated carbocycles. The topological polar surface area (TPSA) is 20.2 Å². The van der Waals surface area contributed by atoms with Gasteiger partial charge in [-0.1, -0.05) is 30.4 Å². The Kier molecular flexibility index (Phi) is 5.49. The Hall–Kier alpha value is -0.820. The predicted octanol–water partition coefficient (Wildman–Crippen LogP) is 2.45. The lowest BCUT2D eigenvalue weighted by molar-refractivity contribution is 0.300. The summed E-state index contributed by atoms with van der Waals surface area (Å²) in [5.41, 5.74) is 2.29. The molecule has 1 N–H and O–H groups in total. The summed E-state index contributed by atoms with van der Waals surface area (Å²) in [6.45, 7) is 7.82. The number of aliphatic hydroxyl groups excluding tert-OH is 1. The lowest BCUT2D eigenvalue weighted by Crippen LogP contribution is -1.85. The summed E-state index contributed by atoms with van der Waals surface area (Å²) in [5.74, 6) is 0. The average Bonchev–Trinajstić information content (AvgIpc) is 2.03. The molecule has 0 aliphatic carbocycles. The van der Waals surface area contributed by atoms with Crippen LogP contribution in [-0.2, 0) is 0 Å². The van der Waals surface area contributed by atoms with Gasteiger partial charge in [-0.05, 0) is 25.8 Å². The van der Waals surface area contributed by atoms with E-state index in [0.29, 0.717) is 0 Å². The van der Waals surface area contributed by atoms with Crippen molar-refractivity contribution in [3.8, 4) is 0 Å². The van der Waals surface area contributed by atoms with Gasteiger partial charge in [0.2, 0.25) is 0 Å². The quantitative estimate of drug-likeness (QED) is 0.613. The van der Waals surface area contributed by atoms with E-state index in [1.807, 2.05) is 26.0 Å². The second kappa shape index (κ2) is 5.93. The van der Waals surface area contributed by atoms with Crippen molar-refractivity contribution in [2.45, 2.75) is 20.3 Å². The molecule has 11 heavy (non-hydrogen) atoms. The maximum Gasteiger partial charge on any atom is 0.0471 e. The molecular weight excluding hydrogens is 136 g/mol. The summed E-state index contributed by atoms with van der Waals surface area (Å²) in [6.07, 6.45) is 6.56. The van der Waals surface area contributed by atoms with E-state index >= 15 is 0 Å². The Bertz CT molecular complexity index is 175. The van der Waals surface area contributed by atoms with Crippen molar-refractivity contribution in [1.82, 2.24) is 0 Å². The smallest absolute Gasteiger partial charge is 0.0471 e. The third-order valence-electron chi connectivity index (χ3n) is 1.51. The van der Waals surface area contributed by atoms with E-state index in [2.05, 4.69) is 6.58 Å². The third kappa shape index (κ3) is 4.57. The van der Waals surface area contributed by atoms with Crippen molar-refractivity contribution in [1.29, 1.82) is 0 Å². The highest BCUT2D eigenvalue weighted by atomic mass is 16.2. The average molecular weight is 152 g/mol. The molecule has 0 heterocycles. The molecule has 0 spiro atoms. The summed E-state index contributed by atoms with van der Waals surface area (Å²) < 4.78 is 0. The highest BCUT2D eigenvalue weighted by molar-refractivity contribution is 5.27. The Labute approximate surface area is 68.7 Å². The second-order valence-corrected chi connectivity index (χ2v) is 2.43. The Morgan fingerprint density at radius 3 is 2.55 bits per heavy atom. The number of aliphatic hydroxyl groups is 1. The van der Waals surface area contributed by atoms with Gasteiger partial charge in [0.1, 0.15) is 0 Å². The van der Waals surface area contributed by atoms with Crippen LogP contribution in [0, 0.1) is 0 Å². The van der Waals surface area contributed by atoms with Crippen molar-refractivity contribution in [2.24, 2.45) is 0 Å². The van der Waals surface area contributed by atoms with Crippen LogP contribution in [0.1, 0.15) is 20.3 Å². The van der Waals surface area contributed by atoms with Crippen LogP contribution >= 0.6 is 0 Å². The SMILES string of the molecule is C=C/C(C)=C\C(=C/C)CCO. The van der Waals surface area contributed by atoms with Crippen LogP contribution in [0.25, 0.3) is 0 Å². The largest absolute Gasteiger partial charge is 0.396 e. The predicted molar refractivity (Wildman–Crippen MR) is 49.4 cm³/mol. The van der Waals surface area contributed by atoms with Crippen molar-refractivity contribution < 1.29 is 5.11 Å². The molecule has 0 fully saturated rings. The zero-order valence-corrected chi connectivity index (χ0v) is 7.30. The molecule has 1 nitrogen and oxygen atoms in total. The molecule has 0 aromatic rings. The summed E-state index contributed by atoms with van der Waals surface area (Å²) in [6, 6.07) is 0. The molecule has 1 heteroatoms. The van der Waals surface area contributed by atoms with Crippen LogP contribution in [0.2, 0.25) is 0 Å². The van der Waals surface area contributed by atoms with E-state index in [1.165, 1.54) is 0 Å². The fourth-order valence-corrected chi connectivity index (χ4v) is 0.780. The van der Waals surface area contributed by atoms with Crippen LogP contribution < -0.4 is 0 Å². The Morgan fingerprint density at radius 2 is 2.18 bits per heavy atom. The molecule has 0 amide bonds. The van der Waals surface area contributed by atoms with Gasteiger partial charge < -0.3 is 5.11 Å². The minimum absolute atomic E-state index is 0.209. The Morgan fingerprint density at radius 1 is 1.55 bits per heavy atom. The monoisotopic (exact) mass is 152 g/mol. The highest BCUT2D eigenvalue weighted by Crippen LogP contribution is 2.06. The molecule has 0 aromatic carbocycles. The molecule has 0 unspecified atom stereocenters. The first-order valence-electron chi connectivity index (χ1n) is 3.81. The van der Waals surface area contributed by atoms with Crippen molar-refractivity contribution in [2.75, 3.05) is 6.61 Å². The fraction of sp³-hybridized carbons (Fsp3) is 0.400. The number of hydrogen-bond donors (Lipinski definition) is 1. The molecular formula is C10H16O. The van der Waals surface area contributed by atoms with Crippen molar-refractivity contribution in [3.63, 3.8) is 0 Å². The third-order valence-corrected chi connectivity index (χ3v) is 1.51. The lowest BCUT2D eigenvalue weighted by Gasteiger charge is -1.98. The number of rotatable bonds is 4. The molecule has 0 atom stereocenters. The molecule has 0 rings (SSSR count). The zero-order valence-electron chi connectivity index (χ0n) is 7.30. The summed E-state index contributed by atoms with van der Waals surface area (Å²) in [4.78, 5) is 0. The van der Waals surface area contributed by atoms with E-state index in [-0.39, 0.29) is 6.61 Å². The maximum absolute atomic E-state index is 8.66. The first-order valence-corrected chi connectivity index (χ1v) is 3.81. The molecule has 0 saturated heterocycles. The molecule has 0 radical (unpaired) electrons. The molecule has 0 aliphatic rings.